The van der Waals surface area contributed by atoms with Crippen LogP contribution in [0, 0.1) is 12.7 Å². The molecule has 0 aromatic heterocycles. The van der Waals surface area contributed by atoms with Crippen LogP contribution in [0.25, 0.3) is 0 Å². The van der Waals surface area contributed by atoms with Gasteiger partial charge in [-0.15, -0.1) is 0 Å². The zero-order valence-electron chi connectivity index (χ0n) is 9.87. The normalized spacial score (nSPS) is 10.4. The van der Waals surface area contributed by atoms with Crippen molar-refractivity contribution >= 4 is 21.6 Å². The summed E-state index contributed by atoms with van der Waals surface area (Å²) in [7, 11) is 0. The maximum absolute atomic E-state index is 13.1. The summed E-state index contributed by atoms with van der Waals surface area (Å²) in [4.78, 5) is 0. The molecule has 0 aliphatic heterocycles. The van der Waals surface area contributed by atoms with Gasteiger partial charge in [0.1, 0.15) is 11.6 Å². The number of anilines is 1. The number of hydrogen-bond donors (Lipinski definition) is 2. The number of aromatic hydroxyl groups is 1. The van der Waals surface area contributed by atoms with Gasteiger partial charge in [0.2, 0.25) is 0 Å². The third-order valence-corrected chi connectivity index (χ3v) is 3.21. The van der Waals surface area contributed by atoms with Gasteiger partial charge >= 0.3 is 0 Å². The second-order valence-electron chi connectivity index (χ2n) is 4.15. The number of phenols is 1. The lowest BCUT2D eigenvalue weighted by Crippen LogP contribution is -2.00. The Hall–Kier alpha value is -1.55. The fraction of sp³-hybridized carbons (Fsp3) is 0.143. The molecule has 0 amide bonds. The second-order valence-corrected chi connectivity index (χ2v) is 5.01. The smallest absolute Gasteiger partial charge is 0.127 e. The maximum Gasteiger partial charge on any atom is 0.127 e. The summed E-state index contributed by atoms with van der Waals surface area (Å²) in [5.74, 6) is -0.496. The van der Waals surface area contributed by atoms with Crippen molar-refractivity contribution in [2.24, 2.45) is 0 Å². The summed E-state index contributed by atoms with van der Waals surface area (Å²) in [6.07, 6.45) is 0. The molecular formula is C14H13BrFNO. The number of phenolic OH excluding ortho intramolecular Hbond substituents is 1. The molecule has 0 spiro atoms. The van der Waals surface area contributed by atoms with Crippen LogP contribution in [0.5, 0.6) is 5.75 Å². The van der Waals surface area contributed by atoms with Crippen molar-refractivity contribution in [1.82, 2.24) is 0 Å². The van der Waals surface area contributed by atoms with Gasteiger partial charge in [0.15, 0.2) is 0 Å². The summed E-state index contributed by atoms with van der Waals surface area (Å²) < 4.78 is 14.1. The highest BCUT2D eigenvalue weighted by molar-refractivity contribution is 9.10. The first-order valence-corrected chi connectivity index (χ1v) is 6.32. The number of benzene rings is 2. The molecule has 2 rings (SSSR count). The van der Waals surface area contributed by atoms with E-state index in [2.05, 4.69) is 21.2 Å². The molecule has 2 aromatic carbocycles. The maximum atomic E-state index is 13.1. The molecule has 0 saturated heterocycles. The Morgan fingerprint density at radius 2 is 2.00 bits per heavy atom. The quantitative estimate of drug-likeness (QED) is 0.890. The Labute approximate surface area is 114 Å². The van der Waals surface area contributed by atoms with Crippen LogP contribution >= 0.6 is 15.9 Å². The van der Waals surface area contributed by atoms with Gasteiger partial charge in [-0.3, -0.25) is 0 Å². The molecule has 0 radical (unpaired) electrons. The summed E-state index contributed by atoms with van der Waals surface area (Å²) in [6, 6.07) is 9.98. The van der Waals surface area contributed by atoms with Crippen molar-refractivity contribution in [3.63, 3.8) is 0 Å². The van der Waals surface area contributed by atoms with Crippen LogP contribution < -0.4 is 5.32 Å². The van der Waals surface area contributed by atoms with Crippen molar-refractivity contribution in [3.8, 4) is 5.75 Å². The molecule has 94 valence electrons. The largest absolute Gasteiger partial charge is 0.508 e. The molecule has 2 N–H and O–H groups in total. The van der Waals surface area contributed by atoms with Crippen molar-refractivity contribution in [2.45, 2.75) is 13.5 Å². The van der Waals surface area contributed by atoms with Gasteiger partial charge in [0.05, 0.1) is 0 Å². The Kier molecular flexibility index (Phi) is 3.87. The molecule has 0 aliphatic rings. The van der Waals surface area contributed by atoms with E-state index in [4.69, 9.17) is 0 Å². The van der Waals surface area contributed by atoms with Gasteiger partial charge < -0.3 is 10.4 Å². The van der Waals surface area contributed by atoms with Gasteiger partial charge in [-0.05, 0) is 58.2 Å². The van der Waals surface area contributed by atoms with Crippen molar-refractivity contribution in [3.05, 3.63) is 57.8 Å². The monoisotopic (exact) mass is 309 g/mol. The molecule has 0 aliphatic carbocycles. The summed E-state index contributed by atoms with van der Waals surface area (Å²) >= 11 is 3.46. The van der Waals surface area contributed by atoms with Crippen LogP contribution in [0.3, 0.4) is 0 Å². The fourth-order valence-electron chi connectivity index (χ4n) is 1.70. The molecule has 0 unspecified atom stereocenters. The Balaban J connectivity index is 2.11. The SMILES string of the molecule is Cc1ccc(NCc2cc(O)cc(F)c2)c(Br)c1. The van der Waals surface area contributed by atoms with Gasteiger partial charge in [0.25, 0.3) is 0 Å². The lowest BCUT2D eigenvalue weighted by molar-refractivity contribution is 0.468. The molecule has 0 atom stereocenters. The summed E-state index contributed by atoms with van der Waals surface area (Å²) in [5.41, 5.74) is 2.79. The second kappa shape index (κ2) is 5.40. The first-order chi connectivity index (χ1) is 8.54. The highest BCUT2D eigenvalue weighted by Gasteiger charge is 2.02. The third kappa shape index (κ3) is 3.23. The predicted octanol–water partition coefficient (Wildman–Crippen LogP) is 4.21. The molecule has 4 heteroatoms. The average molecular weight is 310 g/mol. The van der Waals surface area contributed by atoms with E-state index in [9.17, 15) is 9.50 Å². The van der Waals surface area contributed by atoms with Crippen LogP contribution in [0.2, 0.25) is 0 Å². The summed E-state index contributed by atoms with van der Waals surface area (Å²) in [5, 5.41) is 12.5. The fourth-order valence-corrected chi connectivity index (χ4v) is 2.33. The van der Waals surface area contributed by atoms with E-state index in [1.807, 2.05) is 25.1 Å². The Bertz CT molecular complexity index is 551. The molecule has 0 heterocycles. The van der Waals surface area contributed by atoms with Gasteiger partial charge in [-0.1, -0.05) is 6.07 Å². The molecular weight excluding hydrogens is 297 g/mol. The standard InChI is InChI=1S/C14H13BrFNO/c1-9-2-3-14(13(15)4-9)17-8-10-5-11(16)7-12(18)6-10/h2-7,17-18H,8H2,1H3. The van der Waals surface area contributed by atoms with E-state index in [1.54, 1.807) is 0 Å². The predicted molar refractivity (Wildman–Crippen MR) is 74.3 cm³/mol. The Morgan fingerprint density at radius 3 is 2.67 bits per heavy atom. The minimum atomic E-state index is -0.435. The van der Waals surface area contributed by atoms with Crippen LogP contribution in [0.4, 0.5) is 10.1 Å². The first kappa shape index (κ1) is 12.9. The van der Waals surface area contributed by atoms with E-state index in [0.717, 1.165) is 21.8 Å². The minimum Gasteiger partial charge on any atom is -0.508 e. The topological polar surface area (TPSA) is 32.3 Å². The van der Waals surface area contributed by atoms with Gasteiger partial charge in [0, 0.05) is 22.8 Å². The summed E-state index contributed by atoms with van der Waals surface area (Å²) in [6.45, 7) is 2.46. The third-order valence-electron chi connectivity index (χ3n) is 2.55. The lowest BCUT2D eigenvalue weighted by Gasteiger charge is -2.09. The molecule has 0 fully saturated rings. The first-order valence-electron chi connectivity index (χ1n) is 5.53. The number of nitrogens with one attached hydrogen (secondary N) is 1. The zero-order chi connectivity index (χ0) is 13.1. The number of aryl methyl sites for hydroxylation is 1. The zero-order valence-corrected chi connectivity index (χ0v) is 11.5. The Morgan fingerprint density at radius 1 is 1.22 bits per heavy atom. The van der Waals surface area contributed by atoms with Gasteiger partial charge in [-0.2, -0.15) is 0 Å². The number of rotatable bonds is 3. The van der Waals surface area contributed by atoms with Crippen molar-refractivity contribution in [1.29, 1.82) is 0 Å². The van der Waals surface area contributed by atoms with E-state index in [-0.39, 0.29) is 5.75 Å². The average Bonchev–Trinajstić information content (AvgIpc) is 2.26. The van der Waals surface area contributed by atoms with Crippen LogP contribution in [0.15, 0.2) is 40.9 Å². The van der Waals surface area contributed by atoms with Crippen molar-refractivity contribution < 1.29 is 9.50 Å². The molecule has 18 heavy (non-hydrogen) atoms. The molecule has 0 saturated carbocycles. The van der Waals surface area contributed by atoms with Crippen molar-refractivity contribution in [2.75, 3.05) is 5.32 Å². The minimum absolute atomic E-state index is 0.0604. The number of hydrogen-bond acceptors (Lipinski definition) is 2. The number of halogens is 2. The highest BCUT2D eigenvalue weighted by Crippen LogP contribution is 2.24. The molecule has 2 aromatic rings. The van der Waals surface area contributed by atoms with Crippen LogP contribution in [-0.4, -0.2) is 5.11 Å². The molecule has 0 bridgehead atoms. The van der Waals surface area contributed by atoms with Crippen LogP contribution in [-0.2, 0) is 6.54 Å². The van der Waals surface area contributed by atoms with E-state index >= 15 is 0 Å². The van der Waals surface area contributed by atoms with Gasteiger partial charge in [-0.25, -0.2) is 4.39 Å². The van der Waals surface area contributed by atoms with E-state index in [1.165, 1.54) is 12.1 Å². The molecule has 2 nitrogen and oxygen atoms in total. The van der Waals surface area contributed by atoms with Crippen LogP contribution in [0.1, 0.15) is 11.1 Å². The van der Waals surface area contributed by atoms with E-state index < -0.39 is 5.82 Å². The highest BCUT2D eigenvalue weighted by atomic mass is 79.9. The lowest BCUT2D eigenvalue weighted by atomic mass is 10.2. The van der Waals surface area contributed by atoms with E-state index in [0.29, 0.717) is 12.1 Å².